The van der Waals surface area contributed by atoms with Crippen LogP contribution in [0.5, 0.6) is 0 Å². The molecule has 1 aromatic carbocycles. The first-order valence-electron chi connectivity index (χ1n) is 5.72. The van der Waals surface area contributed by atoms with Crippen LogP contribution in [-0.4, -0.2) is 31.5 Å². The molecule has 0 spiro atoms. The van der Waals surface area contributed by atoms with Gasteiger partial charge in [0.1, 0.15) is 0 Å². The van der Waals surface area contributed by atoms with E-state index in [0.717, 1.165) is 9.13 Å². The molecular formula is C13H17ClINO2. The van der Waals surface area contributed by atoms with Crippen LogP contribution in [0.4, 0.5) is 0 Å². The predicted octanol–water partition coefficient (Wildman–Crippen LogP) is 2.97. The summed E-state index contributed by atoms with van der Waals surface area (Å²) in [5.74, 6) is -0.0515. The maximum atomic E-state index is 12.0. The molecule has 0 fully saturated rings. The Morgan fingerprint density at radius 2 is 2.28 bits per heavy atom. The molecule has 0 bridgehead atoms. The number of benzene rings is 1. The molecule has 0 radical (unpaired) electrons. The maximum Gasteiger partial charge on any atom is 0.252 e. The van der Waals surface area contributed by atoms with Crippen LogP contribution in [0.3, 0.4) is 0 Å². The average Bonchev–Trinajstić information content (AvgIpc) is 2.33. The van der Waals surface area contributed by atoms with Crippen LogP contribution in [0.2, 0.25) is 0 Å². The van der Waals surface area contributed by atoms with Gasteiger partial charge in [0, 0.05) is 17.2 Å². The van der Waals surface area contributed by atoms with Crippen LogP contribution < -0.4 is 5.32 Å². The second-order valence-electron chi connectivity index (χ2n) is 4.03. The summed E-state index contributed by atoms with van der Waals surface area (Å²) in [5, 5.41) is 2.81. The van der Waals surface area contributed by atoms with Gasteiger partial charge in [0.05, 0.1) is 17.5 Å². The SMILES string of the molecule is COCC(Cl)CCNC(=O)c1cccc(C)c1I. The fraction of sp³-hybridized carbons (Fsp3) is 0.462. The molecule has 1 rings (SSSR count). The molecule has 0 aliphatic carbocycles. The van der Waals surface area contributed by atoms with E-state index in [-0.39, 0.29) is 11.3 Å². The average molecular weight is 382 g/mol. The fourth-order valence-electron chi connectivity index (χ4n) is 1.52. The summed E-state index contributed by atoms with van der Waals surface area (Å²) < 4.78 is 5.93. The van der Waals surface area contributed by atoms with Gasteiger partial charge in [0.2, 0.25) is 0 Å². The lowest BCUT2D eigenvalue weighted by Crippen LogP contribution is -2.27. The highest BCUT2D eigenvalue weighted by Gasteiger charge is 2.11. The zero-order valence-corrected chi connectivity index (χ0v) is 13.4. The van der Waals surface area contributed by atoms with Crippen molar-refractivity contribution in [1.82, 2.24) is 5.32 Å². The normalized spacial score (nSPS) is 12.2. The van der Waals surface area contributed by atoms with Gasteiger partial charge in [-0.1, -0.05) is 12.1 Å². The van der Waals surface area contributed by atoms with E-state index in [2.05, 4.69) is 27.9 Å². The lowest BCUT2D eigenvalue weighted by atomic mass is 10.1. The number of alkyl halides is 1. The molecule has 0 aromatic heterocycles. The molecule has 18 heavy (non-hydrogen) atoms. The Morgan fingerprint density at radius 1 is 1.56 bits per heavy atom. The first-order chi connectivity index (χ1) is 8.56. The summed E-state index contributed by atoms with van der Waals surface area (Å²) in [7, 11) is 1.61. The summed E-state index contributed by atoms with van der Waals surface area (Å²) in [5.41, 5.74) is 1.83. The van der Waals surface area contributed by atoms with Crippen LogP contribution in [0, 0.1) is 10.5 Å². The van der Waals surface area contributed by atoms with Crippen LogP contribution in [0.1, 0.15) is 22.3 Å². The van der Waals surface area contributed by atoms with Gasteiger partial charge in [-0.3, -0.25) is 4.79 Å². The van der Waals surface area contributed by atoms with E-state index >= 15 is 0 Å². The van der Waals surface area contributed by atoms with Crippen molar-refractivity contribution in [2.45, 2.75) is 18.7 Å². The predicted molar refractivity (Wildman–Crippen MR) is 82.4 cm³/mol. The standard InChI is InChI=1S/C13H17ClINO2/c1-9-4-3-5-11(12(9)15)13(17)16-7-6-10(14)8-18-2/h3-5,10H,6-8H2,1-2H3,(H,16,17). The minimum atomic E-state index is -0.0631. The number of methoxy groups -OCH3 is 1. The van der Waals surface area contributed by atoms with Gasteiger partial charge in [0.25, 0.3) is 5.91 Å². The molecule has 0 heterocycles. The summed E-state index contributed by atoms with van der Waals surface area (Å²) >= 11 is 8.18. The Morgan fingerprint density at radius 3 is 2.94 bits per heavy atom. The molecule has 0 saturated carbocycles. The van der Waals surface area contributed by atoms with E-state index in [0.29, 0.717) is 25.1 Å². The number of carbonyl (C=O) groups excluding carboxylic acids is 1. The van der Waals surface area contributed by atoms with Gasteiger partial charge in [-0.2, -0.15) is 0 Å². The molecule has 1 atom stereocenters. The number of hydrogen-bond donors (Lipinski definition) is 1. The van der Waals surface area contributed by atoms with Gasteiger partial charge >= 0.3 is 0 Å². The first-order valence-corrected chi connectivity index (χ1v) is 7.24. The molecule has 100 valence electrons. The van der Waals surface area contributed by atoms with Gasteiger partial charge < -0.3 is 10.1 Å². The van der Waals surface area contributed by atoms with Crippen molar-refractivity contribution in [2.24, 2.45) is 0 Å². The van der Waals surface area contributed by atoms with E-state index < -0.39 is 0 Å². The van der Waals surface area contributed by atoms with Gasteiger partial charge in [-0.15, -0.1) is 11.6 Å². The monoisotopic (exact) mass is 381 g/mol. The number of aryl methyl sites for hydroxylation is 1. The largest absolute Gasteiger partial charge is 0.383 e. The Balaban J connectivity index is 2.48. The third kappa shape index (κ3) is 4.74. The second kappa shape index (κ2) is 7.96. The zero-order valence-electron chi connectivity index (χ0n) is 10.5. The summed E-state index contributed by atoms with van der Waals surface area (Å²) in [6, 6.07) is 5.71. The highest BCUT2D eigenvalue weighted by molar-refractivity contribution is 14.1. The van der Waals surface area contributed by atoms with Crippen molar-refractivity contribution in [1.29, 1.82) is 0 Å². The third-order valence-corrected chi connectivity index (χ3v) is 4.30. The molecule has 5 heteroatoms. The second-order valence-corrected chi connectivity index (χ2v) is 5.73. The Labute approximate surface area is 126 Å². The zero-order chi connectivity index (χ0) is 13.5. The molecule has 0 aliphatic rings. The number of hydrogen-bond acceptors (Lipinski definition) is 2. The van der Waals surface area contributed by atoms with E-state index in [9.17, 15) is 4.79 Å². The van der Waals surface area contributed by atoms with E-state index in [1.165, 1.54) is 0 Å². The third-order valence-electron chi connectivity index (χ3n) is 2.53. The summed E-state index contributed by atoms with van der Waals surface area (Å²) in [4.78, 5) is 12.0. The Kier molecular flexibility index (Phi) is 6.96. The van der Waals surface area contributed by atoms with Crippen molar-refractivity contribution in [3.05, 3.63) is 32.9 Å². The Hall–Kier alpha value is -0.330. The van der Waals surface area contributed by atoms with Crippen molar-refractivity contribution < 1.29 is 9.53 Å². The van der Waals surface area contributed by atoms with Gasteiger partial charge in [0.15, 0.2) is 0 Å². The van der Waals surface area contributed by atoms with Crippen molar-refractivity contribution in [3.8, 4) is 0 Å². The van der Waals surface area contributed by atoms with Crippen molar-refractivity contribution >= 4 is 40.1 Å². The van der Waals surface area contributed by atoms with Crippen molar-refractivity contribution in [2.75, 3.05) is 20.3 Å². The van der Waals surface area contributed by atoms with E-state index in [1.807, 2.05) is 25.1 Å². The minimum absolute atomic E-state index is 0.0515. The number of ether oxygens (including phenoxy) is 1. The first kappa shape index (κ1) is 15.7. The summed E-state index contributed by atoms with van der Waals surface area (Å²) in [6.07, 6.45) is 0.698. The molecule has 1 amide bonds. The summed E-state index contributed by atoms with van der Waals surface area (Å²) in [6.45, 7) is 3.05. The van der Waals surface area contributed by atoms with Crippen LogP contribution in [-0.2, 0) is 4.74 Å². The molecule has 0 saturated heterocycles. The van der Waals surface area contributed by atoms with E-state index in [4.69, 9.17) is 16.3 Å². The van der Waals surface area contributed by atoms with E-state index in [1.54, 1.807) is 7.11 Å². The molecule has 1 N–H and O–H groups in total. The number of rotatable bonds is 6. The highest BCUT2D eigenvalue weighted by atomic mass is 127. The smallest absolute Gasteiger partial charge is 0.252 e. The number of amides is 1. The maximum absolute atomic E-state index is 12.0. The van der Waals surface area contributed by atoms with Crippen LogP contribution >= 0.6 is 34.2 Å². The lowest BCUT2D eigenvalue weighted by molar-refractivity contribution is 0.0950. The molecule has 1 aromatic rings. The van der Waals surface area contributed by atoms with Crippen LogP contribution in [0.25, 0.3) is 0 Å². The van der Waals surface area contributed by atoms with Gasteiger partial charge in [-0.25, -0.2) is 0 Å². The molecule has 0 aliphatic heterocycles. The van der Waals surface area contributed by atoms with Crippen LogP contribution in [0.15, 0.2) is 18.2 Å². The minimum Gasteiger partial charge on any atom is -0.383 e. The highest BCUT2D eigenvalue weighted by Crippen LogP contribution is 2.16. The number of carbonyl (C=O) groups is 1. The Bertz CT molecular complexity index is 412. The topological polar surface area (TPSA) is 38.3 Å². The number of nitrogens with one attached hydrogen (secondary N) is 1. The lowest BCUT2D eigenvalue weighted by Gasteiger charge is -2.10. The quantitative estimate of drug-likeness (QED) is 0.608. The molecular weight excluding hydrogens is 365 g/mol. The fourth-order valence-corrected chi connectivity index (χ4v) is 2.36. The number of halogens is 2. The van der Waals surface area contributed by atoms with Crippen molar-refractivity contribution in [3.63, 3.8) is 0 Å². The molecule has 1 unspecified atom stereocenters. The molecule has 3 nitrogen and oxygen atoms in total. The van der Waals surface area contributed by atoms with Gasteiger partial charge in [-0.05, 0) is 47.6 Å².